The maximum Gasteiger partial charge on any atom is 0.261 e. The molecular weight excluding hydrogens is 508 g/mol. The highest BCUT2D eigenvalue weighted by atomic mass is 79.9. The van der Waals surface area contributed by atoms with Gasteiger partial charge < -0.3 is 14.8 Å². The first-order valence-electron chi connectivity index (χ1n) is 10.3. The number of benzene rings is 3. The van der Waals surface area contributed by atoms with E-state index < -0.39 is 10.0 Å². The fourth-order valence-electron chi connectivity index (χ4n) is 2.95. The Labute approximate surface area is 202 Å². The second-order valence-electron chi connectivity index (χ2n) is 7.35. The largest absolute Gasteiger partial charge is 0.494 e. The van der Waals surface area contributed by atoms with Gasteiger partial charge in [0.1, 0.15) is 11.5 Å². The number of carbonyl (C=O) groups is 1. The summed E-state index contributed by atoms with van der Waals surface area (Å²) in [5, 5.41) is 2.78. The van der Waals surface area contributed by atoms with Gasteiger partial charge in [-0.25, -0.2) is 8.42 Å². The lowest BCUT2D eigenvalue weighted by atomic mass is 10.1. The second kappa shape index (κ2) is 10.7. The molecule has 0 unspecified atom stereocenters. The van der Waals surface area contributed by atoms with Crippen LogP contribution < -0.4 is 19.5 Å². The molecule has 3 aromatic carbocycles. The highest BCUT2D eigenvalue weighted by molar-refractivity contribution is 9.10. The Morgan fingerprint density at radius 2 is 1.61 bits per heavy atom. The van der Waals surface area contributed by atoms with Gasteiger partial charge in [0.05, 0.1) is 23.2 Å². The molecule has 0 aliphatic carbocycles. The highest BCUT2D eigenvalue weighted by Gasteiger charge is 2.17. The van der Waals surface area contributed by atoms with Gasteiger partial charge in [-0.05, 0) is 87.5 Å². The zero-order valence-corrected chi connectivity index (χ0v) is 20.9. The molecule has 3 aromatic rings. The monoisotopic (exact) mass is 532 g/mol. The molecule has 0 fully saturated rings. The molecule has 0 saturated heterocycles. The summed E-state index contributed by atoms with van der Waals surface area (Å²) in [5.74, 6) is 0.757. The van der Waals surface area contributed by atoms with Crippen LogP contribution in [-0.4, -0.2) is 27.0 Å². The van der Waals surface area contributed by atoms with Crippen LogP contribution in [0.25, 0.3) is 0 Å². The van der Waals surface area contributed by atoms with Gasteiger partial charge in [-0.1, -0.05) is 15.9 Å². The highest BCUT2D eigenvalue weighted by Crippen LogP contribution is 2.26. The summed E-state index contributed by atoms with van der Waals surface area (Å²) in [5.41, 5.74) is 1.24. The van der Waals surface area contributed by atoms with E-state index >= 15 is 0 Å². The van der Waals surface area contributed by atoms with Crippen molar-refractivity contribution >= 4 is 43.2 Å². The predicted molar refractivity (Wildman–Crippen MR) is 133 cm³/mol. The molecule has 0 aliphatic rings. The van der Waals surface area contributed by atoms with Gasteiger partial charge in [-0.3, -0.25) is 9.52 Å². The quantitative estimate of drug-likeness (QED) is 0.369. The first kappa shape index (κ1) is 24.6. The van der Waals surface area contributed by atoms with E-state index in [1.165, 1.54) is 24.3 Å². The Hall–Kier alpha value is -3.04. The van der Waals surface area contributed by atoms with Crippen LogP contribution in [0.4, 0.5) is 11.4 Å². The smallest absolute Gasteiger partial charge is 0.261 e. The van der Waals surface area contributed by atoms with Crippen LogP contribution in [0.1, 0.15) is 31.1 Å². The number of anilines is 2. The van der Waals surface area contributed by atoms with E-state index in [2.05, 4.69) is 26.0 Å². The lowest BCUT2D eigenvalue weighted by molar-refractivity contribution is 0.102. The van der Waals surface area contributed by atoms with Crippen molar-refractivity contribution in [2.75, 3.05) is 16.6 Å². The Balaban J connectivity index is 1.72. The third-order valence-corrected chi connectivity index (χ3v) is 6.28. The Bertz CT molecular complexity index is 1210. The molecule has 0 saturated carbocycles. The van der Waals surface area contributed by atoms with E-state index in [-0.39, 0.29) is 16.9 Å². The molecule has 7 nitrogen and oxygen atoms in total. The van der Waals surface area contributed by atoms with Crippen molar-refractivity contribution in [3.05, 3.63) is 76.8 Å². The zero-order chi connectivity index (χ0) is 24.0. The van der Waals surface area contributed by atoms with Crippen LogP contribution in [0.3, 0.4) is 0 Å². The molecule has 0 bridgehead atoms. The van der Waals surface area contributed by atoms with Crippen molar-refractivity contribution in [1.82, 2.24) is 0 Å². The van der Waals surface area contributed by atoms with Gasteiger partial charge in [0, 0.05) is 15.8 Å². The first-order chi connectivity index (χ1) is 15.7. The van der Waals surface area contributed by atoms with Gasteiger partial charge >= 0.3 is 0 Å². The molecule has 0 atom stereocenters. The summed E-state index contributed by atoms with van der Waals surface area (Å²) in [6.07, 6.45) is -0.0925. The number of hydrogen-bond donors (Lipinski definition) is 2. The van der Waals surface area contributed by atoms with Crippen molar-refractivity contribution in [3.8, 4) is 11.5 Å². The summed E-state index contributed by atoms with van der Waals surface area (Å²) in [6, 6.07) is 17.8. The van der Waals surface area contributed by atoms with E-state index in [0.717, 1.165) is 4.47 Å². The van der Waals surface area contributed by atoms with Crippen molar-refractivity contribution in [2.24, 2.45) is 0 Å². The lowest BCUT2D eigenvalue weighted by Gasteiger charge is -2.15. The molecule has 174 valence electrons. The van der Waals surface area contributed by atoms with Crippen molar-refractivity contribution in [3.63, 3.8) is 0 Å². The van der Waals surface area contributed by atoms with Gasteiger partial charge in [-0.2, -0.15) is 0 Å². The molecule has 3 rings (SSSR count). The van der Waals surface area contributed by atoms with Crippen molar-refractivity contribution < 1.29 is 22.7 Å². The third-order valence-electron chi connectivity index (χ3n) is 4.39. The van der Waals surface area contributed by atoms with Gasteiger partial charge in [0.2, 0.25) is 0 Å². The minimum atomic E-state index is -3.79. The first-order valence-corrected chi connectivity index (χ1v) is 12.6. The van der Waals surface area contributed by atoms with E-state index in [0.29, 0.717) is 35.0 Å². The third kappa shape index (κ3) is 6.72. The molecule has 0 spiro atoms. The number of halogens is 1. The summed E-state index contributed by atoms with van der Waals surface area (Å²) < 4.78 is 39.8. The Morgan fingerprint density at radius 3 is 2.21 bits per heavy atom. The van der Waals surface area contributed by atoms with Crippen LogP contribution in [-0.2, 0) is 10.0 Å². The average Bonchev–Trinajstić information content (AvgIpc) is 2.76. The van der Waals surface area contributed by atoms with E-state index in [1.54, 1.807) is 42.5 Å². The molecule has 2 N–H and O–H groups in total. The molecule has 0 radical (unpaired) electrons. The van der Waals surface area contributed by atoms with Crippen molar-refractivity contribution in [1.29, 1.82) is 0 Å². The average molecular weight is 533 g/mol. The van der Waals surface area contributed by atoms with E-state index in [9.17, 15) is 13.2 Å². The summed E-state index contributed by atoms with van der Waals surface area (Å²) in [4.78, 5) is 12.9. The standard InChI is InChI=1S/C24H25BrN2O5S/c1-4-31-20-10-6-19(7-11-20)27-33(29,30)21-12-8-18(9-13-21)26-24(28)22-15-17(25)5-14-23(22)32-16(2)3/h5-16,27H,4H2,1-3H3,(H,26,28). The zero-order valence-electron chi connectivity index (χ0n) is 18.5. The number of nitrogens with one attached hydrogen (secondary N) is 2. The summed E-state index contributed by atoms with van der Waals surface area (Å²) in [6.45, 7) is 6.16. The topological polar surface area (TPSA) is 93.7 Å². The Morgan fingerprint density at radius 1 is 0.970 bits per heavy atom. The number of hydrogen-bond acceptors (Lipinski definition) is 5. The maximum atomic E-state index is 12.8. The summed E-state index contributed by atoms with van der Waals surface area (Å²) in [7, 11) is -3.79. The van der Waals surface area contributed by atoms with Crippen LogP contribution in [0.15, 0.2) is 76.1 Å². The molecular formula is C24H25BrN2O5S. The Kier molecular flexibility index (Phi) is 7.99. The number of rotatable bonds is 9. The molecule has 1 amide bonds. The number of amides is 1. The fraction of sp³-hybridized carbons (Fsp3) is 0.208. The van der Waals surface area contributed by atoms with Crippen LogP contribution in [0, 0.1) is 0 Å². The number of carbonyl (C=O) groups excluding carboxylic acids is 1. The summed E-state index contributed by atoms with van der Waals surface area (Å²) >= 11 is 3.37. The van der Waals surface area contributed by atoms with Crippen LogP contribution in [0.5, 0.6) is 11.5 Å². The SMILES string of the molecule is CCOc1ccc(NS(=O)(=O)c2ccc(NC(=O)c3cc(Br)ccc3OC(C)C)cc2)cc1. The van der Waals surface area contributed by atoms with E-state index in [1.807, 2.05) is 20.8 Å². The molecule has 0 aromatic heterocycles. The van der Waals surface area contributed by atoms with Gasteiger partial charge in [0.15, 0.2) is 0 Å². The predicted octanol–water partition coefficient (Wildman–Crippen LogP) is 5.69. The normalized spacial score (nSPS) is 11.2. The van der Waals surface area contributed by atoms with E-state index in [4.69, 9.17) is 9.47 Å². The molecule has 0 aliphatic heterocycles. The number of sulfonamides is 1. The van der Waals surface area contributed by atoms with Crippen molar-refractivity contribution in [2.45, 2.75) is 31.8 Å². The van der Waals surface area contributed by atoms with Gasteiger partial charge in [0.25, 0.3) is 15.9 Å². The van der Waals surface area contributed by atoms with Gasteiger partial charge in [-0.15, -0.1) is 0 Å². The number of ether oxygens (including phenoxy) is 2. The van der Waals surface area contributed by atoms with Crippen LogP contribution in [0.2, 0.25) is 0 Å². The molecule has 33 heavy (non-hydrogen) atoms. The maximum absolute atomic E-state index is 12.8. The van der Waals surface area contributed by atoms with Crippen LogP contribution >= 0.6 is 15.9 Å². The lowest BCUT2D eigenvalue weighted by Crippen LogP contribution is -2.16. The molecule has 0 heterocycles. The molecule has 9 heteroatoms. The fourth-order valence-corrected chi connectivity index (χ4v) is 4.37. The minimum Gasteiger partial charge on any atom is -0.494 e. The minimum absolute atomic E-state index is 0.0701. The second-order valence-corrected chi connectivity index (χ2v) is 9.95.